The van der Waals surface area contributed by atoms with E-state index in [4.69, 9.17) is 9.84 Å². The van der Waals surface area contributed by atoms with Crippen LogP contribution in [0, 0.1) is 0 Å². The van der Waals surface area contributed by atoms with Gasteiger partial charge in [0.15, 0.2) is 11.3 Å². The second kappa shape index (κ2) is 3.77. The smallest absolute Gasteiger partial charge is 0.357 e. The summed E-state index contributed by atoms with van der Waals surface area (Å²) >= 11 is 0. The van der Waals surface area contributed by atoms with E-state index in [-0.39, 0.29) is 11.4 Å². The highest BCUT2D eigenvalue weighted by molar-refractivity contribution is 6.02. The maximum absolute atomic E-state index is 11.2. The van der Waals surface area contributed by atoms with Crippen molar-refractivity contribution < 1.29 is 24.2 Å². The van der Waals surface area contributed by atoms with E-state index in [1.54, 1.807) is 0 Å². The van der Waals surface area contributed by atoms with Gasteiger partial charge in [0.1, 0.15) is 0 Å². The van der Waals surface area contributed by atoms with Gasteiger partial charge in [0.2, 0.25) is 5.88 Å². The van der Waals surface area contributed by atoms with Gasteiger partial charge in [-0.15, -0.1) is 0 Å². The number of aromatic amines is 1. The third kappa shape index (κ3) is 1.51. The topological polar surface area (TPSA) is 102 Å². The molecular weight excluding hydrogens is 192 g/mol. The molecule has 1 heterocycles. The largest absolute Gasteiger partial charge is 0.481 e. The first kappa shape index (κ1) is 10.0. The van der Waals surface area contributed by atoms with Crippen LogP contribution in [0.5, 0.6) is 5.88 Å². The molecule has 0 bridgehead atoms. The average molecular weight is 200 g/mol. The van der Waals surface area contributed by atoms with E-state index in [0.717, 1.165) is 7.11 Å². The molecule has 0 fully saturated rings. The fraction of sp³-hybridized carbons (Fsp3) is 0.286. The molecule has 0 unspecified atom stereocenters. The minimum Gasteiger partial charge on any atom is -0.481 e. The van der Waals surface area contributed by atoms with Crippen LogP contribution in [-0.2, 0) is 4.74 Å². The van der Waals surface area contributed by atoms with Crippen LogP contribution in [-0.4, -0.2) is 41.5 Å². The number of carboxylic acid groups (broad SMARTS) is 1. The quantitative estimate of drug-likeness (QED) is 0.661. The summed E-state index contributed by atoms with van der Waals surface area (Å²) in [6.45, 7) is 0. The molecule has 0 radical (unpaired) electrons. The van der Waals surface area contributed by atoms with E-state index in [2.05, 4.69) is 14.9 Å². The molecule has 7 heteroatoms. The number of nitrogens with zero attached hydrogens (tertiary/aromatic N) is 1. The van der Waals surface area contributed by atoms with Gasteiger partial charge in [-0.05, 0) is 0 Å². The number of H-pyrrole nitrogens is 1. The number of rotatable bonds is 3. The van der Waals surface area contributed by atoms with Gasteiger partial charge < -0.3 is 14.6 Å². The molecule has 1 aromatic heterocycles. The molecule has 1 aromatic rings. The molecule has 0 aromatic carbocycles. The Morgan fingerprint density at radius 1 is 1.43 bits per heavy atom. The molecule has 0 amide bonds. The van der Waals surface area contributed by atoms with Crippen molar-refractivity contribution >= 4 is 11.9 Å². The first-order valence-corrected chi connectivity index (χ1v) is 3.55. The number of carboxylic acids is 1. The summed E-state index contributed by atoms with van der Waals surface area (Å²) in [4.78, 5) is 21.8. The summed E-state index contributed by atoms with van der Waals surface area (Å²) in [5.41, 5.74) is -0.642. The Labute approximate surface area is 78.6 Å². The van der Waals surface area contributed by atoms with Crippen molar-refractivity contribution in [3.63, 3.8) is 0 Å². The van der Waals surface area contributed by atoms with Crippen molar-refractivity contribution in [1.82, 2.24) is 10.2 Å². The zero-order chi connectivity index (χ0) is 10.7. The van der Waals surface area contributed by atoms with Gasteiger partial charge in [-0.2, -0.15) is 5.10 Å². The highest BCUT2D eigenvalue weighted by atomic mass is 16.5. The normalized spacial score (nSPS) is 9.57. The molecule has 14 heavy (non-hydrogen) atoms. The second-order valence-corrected chi connectivity index (χ2v) is 2.28. The van der Waals surface area contributed by atoms with E-state index in [0.29, 0.717) is 0 Å². The molecule has 0 spiro atoms. The molecular formula is C7H8N2O5. The number of esters is 1. The van der Waals surface area contributed by atoms with Crippen molar-refractivity contribution in [1.29, 1.82) is 0 Å². The van der Waals surface area contributed by atoms with Crippen LogP contribution in [0.2, 0.25) is 0 Å². The van der Waals surface area contributed by atoms with E-state index >= 15 is 0 Å². The van der Waals surface area contributed by atoms with Gasteiger partial charge in [0, 0.05) is 0 Å². The van der Waals surface area contributed by atoms with Crippen molar-refractivity contribution in [3.8, 4) is 5.88 Å². The van der Waals surface area contributed by atoms with Crippen molar-refractivity contribution in [3.05, 3.63) is 11.3 Å². The molecule has 7 nitrogen and oxygen atoms in total. The van der Waals surface area contributed by atoms with E-state index in [1.165, 1.54) is 7.11 Å². The fourth-order valence-corrected chi connectivity index (χ4v) is 0.920. The van der Waals surface area contributed by atoms with Gasteiger partial charge in [0.25, 0.3) is 0 Å². The molecule has 0 atom stereocenters. The number of methoxy groups -OCH3 is 2. The van der Waals surface area contributed by atoms with Crippen LogP contribution in [0.1, 0.15) is 20.8 Å². The van der Waals surface area contributed by atoms with Crippen LogP contribution in [0.4, 0.5) is 0 Å². The first-order chi connectivity index (χ1) is 6.61. The van der Waals surface area contributed by atoms with Gasteiger partial charge in [-0.3, -0.25) is 0 Å². The molecule has 1 rings (SSSR count). The van der Waals surface area contributed by atoms with Crippen molar-refractivity contribution in [2.45, 2.75) is 0 Å². The minimum atomic E-state index is -1.33. The van der Waals surface area contributed by atoms with E-state index < -0.39 is 17.6 Å². The Bertz CT molecular complexity index is 370. The predicted molar refractivity (Wildman–Crippen MR) is 43.4 cm³/mol. The lowest BCUT2D eigenvalue weighted by Crippen LogP contribution is -2.09. The van der Waals surface area contributed by atoms with Gasteiger partial charge >= 0.3 is 11.9 Å². The SMILES string of the molecule is COC(=O)c1c(C(=O)O)n[nH]c1OC. The standard InChI is InChI=1S/C7H8N2O5/c1-13-5-3(7(12)14-2)4(6(10)11)8-9-5/h1-2H3,(H,8,9)(H,10,11). The predicted octanol–water partition coefficient (Wildman–Crippen LogP) is -0.0969. The van der Waals surface area contributed by atoms with Gasteiger partial charge in [-0.1, -0.05) is 0 Å². The number of aromatic nitrogens is 2. The Morgan fingerprint density at radius 2 is 2.07 bits per heavy atom. The zero-order valence-corrected chi connectivity index (χ0v) is 7.53. The molecule has 0 aliphatic rings. The third-order valence-electron chi connectivity index (χ3n) is 1.53. The summed E-state index contributed by atoms with van der Waals surface area (Å²) in [6.07, 6.45) is 0. The Balaban J connectivity index is 3.26. The van der Waals surface area contributed by atoms with Crippen LogP contribution >= 0.6 is 0 Å². The highest BCUT2D eigenvalue weighted by Crippen LogP contribution is 2.19. The van der Waals surface area contributed by atoms with Crippen LogP contribution in [0.15, 0.2) is 0 Å². The molecule has 0 saturated carbocycles. The van der Waals surface area contributed by atoms with Crippen LogP contribution in [0.3, 0.4) is 0 Å². The number of hydrogen-bond acceptors (Lipinski definition) is 5. The number of aromatic carboxylic acids is 1. The summed E-state index contributed by atoms with van der Waals surface area (Å²) in [6, 6.07) is 0. The summed E-state index contributed by atoms with van der Waals surface area (Å²) in [5, 5.41) is 14.3. The number of carbonyl (C=O) groups is 2. The molecule has 0 aliphatic heterocycles. The molecule has 76 valence electrons. The number of carbonyl (C=O) groups excluding carboxylic acids is 1. The maximum atomic E-state index is 11.2. The number of ether oxygens (including phenoxy) is 2. The lowest BCUT2D eigenvalue weighted by Gasteiger charge is -1.99. The Morgan fingerprint density at radius 3 is 2.50 bits per heavy atom. The Hall–Kier alpha value is -2.05. The van der Waals surface area contributed by atoms with E-state index in [1.807, 2.05) is 0 Å². The van der Waals surface area contributed by atoms with Crippen LogP contribution in [0.25, 0.3) is 0 Å². The lowest BCUT2D eigenvalue weighted by atomic mass is 10.2. The third-order valence-corrected chi connectivity index (χ3v) is 1.53. The minimum absolute atomic E-state index is 0.0331. The summed E-state index contributed by atoms with van der Waals surface area (Å²) < 4.78 is 9.10. The maximum Gasteiger partial charge on any atom is 0.357 e. The Kier molecular flexibility index (Phi) is 2.70. The average Bonchev–Trinajstić information content (AvgIpc) is 2.59. The lowest BCUT2D eigenvalue weighted by molar-refractivity contribution is 0.0578. The molecule has 0 aliphatic carbocycles. The number of nitrogens with one attached hydrogen (secondary N) is 1. The van der Waals surface area contributed by atoms with Crippen molar-refractivity contribution in [2.75, 3.05) is 14.2 Å². The first-order valence-electron chi connectivity index (χ1n) is 3.55. The summed E-state index contributed by atoms with van der Waals surface area (Å²) in [5.74, 6) is -2.17. The summed E-state index contributed by atoms with van der Waals surface area (Å²) in [7, 11) is 2.42. The van der Waals surface area contributed by atoms with Gasteiger partial charge in [-0.25, -0.2) is 14.7 Å². The number of hydrogen-bond donors (Lipinski definition) is 2. The van der Waals surface area contributed by atoms with Crippen molar-refractivity contribution in [2.24, 2.45) is 0 Å². The van der Waals surface area contributed by atoms with Gasteiger partial charge in [0.05, 0.1) is 14.2 Å². The fourth-order valence-electron chi connectivity index (χ4n) is 0.920. The zero-order valence-electron chi connectivity index (χ0n) is 7.53. The van der Waals surface area contributed by atoms with Crippen LogP contribution < -0.4 is 4.74 Å². The van der Waals surface area contributed by atoms with E-state index in [9.17, 15) is 9.59 Å². The monoisotopic (exact) mass is 200 g/mol. The highest BCUT2D eigenvalue weighted by Gasteiger charge is 2.26. The second-order valence-electron chi connectivity index (χ2n) is 2.28. The molecule has 2 N–H and O–H groups in total. The molecule has 0 saturated heterocycles.